The molecule has 1 aromatic carbocycles. The van der Waals surface area contributed by atoms with E-state index in [9.17, 15) is 9.59 Å². The van der Waals surface area contributed by atoms with Crippen molar-refractivity contribution in [1.29, 1.82) is 0 Å². The molecule has 0 saturated carbocycles. The van der Waals surface area contributed by atoms with E-state index in [1.165, 1.54) is 14.2 Å². The highest BCUT2D eigenvalue weighted by atomic mass is 16.5. The van der Waals surface area contributed by atoms with Gasteiger partial charge in [-0.25, -0.2) is 9.59 Å². The summed E-state index contributed by atoms with van der Waals surface area (Å²) in [5.41, 5.74) is 1.70. The topological polar surface area (TPSA) is 89.6 Å². The van der Waals surface area contributed by atoms with Crippen LogP contribution in [0, 0.1) is 12.3 Å². The molecule has 7 nitrogen and oxygen atoms in total. The Kier molecular flexibility index (Phi) is 5.68. The molecule has 2 aromatic rings. The first kappa shape index (κ1) is 17.2. The molecule has 0 aliphatic carbocycles. The first-order valence-electron chi connectivity index (χ1n) is 7.17. The number of rotatable bonds is 6. The number of alkyl carbamates (subject to hydrolysis) is 1. The van der Waals surface area contributed by atoms with Crippen LogP contribution in [0.3, 0.4) is 0 Å². The van der Waals surface area contributed by atoms with Crippen molar-refractivity contribution < 1.29 is 23.8 Å². The Morgan fingerprint density at radius 1 is 1.33 bits per heavy atom. The fourth-order valence-electron chi connectivity index (χ4n) is 2.30. The van der Waals surface area contributed by atoms with Crippen LogP contribution in [-0.2, 0) is 20.7 Å². The number of carbonyl (C=O) groups excluding carboxylic acids is 2. The Morgan fingerprint density at radius 3 is 2.79 bits per heavy atom. The molecule has 24 heavy (non-hydrogen) atoms. The Labute approximate surface area is 139 Å². The number of aromatic amines is 1. The molecule has 2 rings (SSSR count). The summed E-state index contributed by atoms with van der Waals surface area (Å²) in [6.07, 6.45) is 6.49. The van der Waals surface area contributed by atoms with E-state index in [1.807, 2.05) is 12.1 Å². The lowest BCUT2D eigenvalue weighted by molar-refractivity contribution is -0.142. The van der Waals surface area contributed by atoms with Crippen molar-refractivity contribution in [2.75, 3.05) is 20.8 Å². The number of hydrogen-bond acceptors (Lipinski definition) is 5. The zero-order valence-corrected chi connectivity index (χ0v) is 13.4. The van der Waals surface area contributed by atoms with Gasteiger partial charge in [0.2, 0.25) is 0 Å². The second kappa shape index (κ2) is 7.92. The zero-order valence-electron chi connectivity index (χ0n) is 13.4. The smallest absolute Gasteiger partial charge is 0.407 e. The Bertz CT molecular complexity index is 775. The first-order valence-corrected chi connectivity index (χ1v) is 7.17. The third-order valence-corrected chi connectivity index (χ3v) is 3.45. The van der Waals surface area contributed by atoms with E-state index in [2.05, 4.69) is 21.0 Å². The molecule has 1 amide bonds. The van der Waals surface area contributed by atoms with E-state index in [0.717, 1.165) is 16.5 Å². The Morgan fingerprint density at radius 2 is 2.12 bits per heavy atom. The van der Waals surface area contributed by atoms with Gasteiger partial charge >= 0.3 is 12.1 Å². The average molecular weight is 330 g/mol. The van der Waals surface area contributed by atoms with Gasteiger partial charge in [-0.05, 0) is 23.8 Å². The predicted octanol–water partition coefficient (Wildman–Crippen LogP) is 1.62. The highest BCUT2D eigenvalue weighted by molar-refractivity contribution is 5.87. The zero-order chi connectivity index (χ0) is 17.5. The van der Waals surface area contributed by atoms with Gasteiger partial charge in [0, 0.05) is 23.5 Å². The minimum atomic E-state index is -0.864. The molecule has 1 atom stereocenters. The van der Waals surface area contributed by atoms with Gasteiger partial charge in [-0.3, -0.25) is 0 Å². The van der Waals surface area contributed by atoms with Crippen molar-refractivity contribution in [1.82, 2.24) is 10.3 Å². The second-order valence-electron chi connectivity index (χ2n) is 4.93. The van der Waals surface area contributed by atoms with E-state index < -0.39 is 18.1 Å². The predicted molar refractivity (Wildman–Crippen MR) is 87.7 cm³/mol. The number of nitrogens with one attached hydrogen (secondary N) is 2. The van der Waals surface area contributed by atoms with Crippen LogP contribution < -0.4 is 10.1 Å². The highest BCUT2D eigenvalue weighted by Crippen LogP contribution is 2.25. The number of amides is 1. The van der Waals surface area contributed by atoms with Gasteiger partial charge in [0.15, 0.2) is 0 Å². The lowest BCUT2D eigenvalue weighted by Gasteiger charge is -2.15. The van der Waals surface area contributed by atoms with Crippen molar-refractivity contribution in [3.63, 3.8) is 0 Å². The minimum absolute atomic E-state index is 0.167. The van der Waals surface area contributed by atoms with Crippen molar-refractivity contribution >= 4 is 23.0 Å². The summed E-state index contributed by atoms with van der Waals surface area (Å²) in [4.78, 5) is 26.4. The van der Waals surface area contributed by atoms with Gasteiger partial charge in [0.05, 0.1) is 14.2 Å². The fourth-order valence-corrected chi connectivity index (χ4v) is 2.30. The number of esters is 1. The Hall–Kier alpha value is -3.14. The van der Waals surface area contributed by atoms with E-state index in [-0.39, 0.29) is 13.0 Å². The molecule has 0 unspecified atom stereocenters. The quantitative estimate of drug-likeness (QED) is 0.620. The van der Waals surface area contributed by atoms with E-state index in [0.29, 0.717) is 5.75 Å². The van der Waals surface area contributed by atoms with Crippen LogP contribution >= 0.6 is 0 Å². The van der Waals surface area contributed by atoms with Crippen LogP contribution in [0.15, 0.2) is 24.4 Å². The summed E-state index contributed by atoms with van der Waals surface area (Å²) in [6, 6.07) is 4.61. The molecular formula is C17H18N2O5. The number of carbonyl (C=O) groups is 2. The maximum Gasteiger partial charge on any atom is 0.407 e. The maximum atomic E-state index is 11.9. The lowest BCUT2D eigenvalue weighted by Crippen LogP contribution is -2.42. The molecule has 0 fully saturated rings. The van der Waals surface area contributed by atoms with Gasteiger partial charge in [-0.1, -0.05) is 5.92 Å². The summed E-state index contributed by atoms with van der Waals surface area (Å²) in [7, 11) is 2.49. The van der Waals surface area contributed by atoms with Crippen LogP contribution in [0.2, 0.25) is 0 Å². The normalized spacial score (nSPS) is 11.4. The first-order chi connectivity index (χ1) is 11.6. The minimum Gasteiger partial charge on any atom is -0.481 e. The van der Waals surface area contributed by atoms with Crippen molar-refractivity contribution in [3.8, 4) is 18.1 Å². The summed E-state index contributed by atoms with van der Waals surface area (Å²) in [5, 5.41) is 3.33. The third-order valence-electron chi connectivity index (χ3n) is 3.45. The van der Waals surface area contributed by atoms with E-state index in [1.54, 1.807) is 12.3 Å². The standard InChI is InChI=1S/C17H18N2O5/c1-4-7-24-12-5-6-14-13(9-12)11(10-18-14)8-15(16(20)22-2)19-17(21)23-3/h1,5-6,9-10,15,18H,7-8H2,2-3H3,(H,19,21)/t15-/m1/s1. The molecule has 7 heteroatoms. The van der Waals surface area contributed by atoms with Gasteiger partial charge in [0.25, 0.3) is 0 Å². The third kappa shape index (κ3) is 3.98. The van der Waals surface area contributed by atoms with Gasteiger partial charge in [0.1, 0.15) is 18.4 Å². The number of hydrogen-bond donors (Lipinski definition) is 2. The lowest BCUT2D eigenvalue weighted by atomic mass is 10.0. The molecule has 1 heterocycles. The Balaban J connectivity index is 2.27. The monoisotopic (exact) mass is 330 g/mol. The number of H-pyrrole nitrogens is 1. The molecular weight excluding hydrogens is 312 g/mol. The number of aromatic nitrogens is 1. The van der Waals surface area contributed by atoms with Crippen LogP contribution in [0.4, 0.5) is 4.79 Å². The average Bonchev–Trinajstić information content (AvgIpc) is 3.00. The van der Waals surface area contributed by atoms with Gasteiger partial charge in [-0.2, -0.15) is 0 Å². The summed E-state index contributed by atoms with van der Waals surface area (Å²) >= 11 is 0. The summed E-state index contributed by atoms with van der Waals surface area (Å²) < 4.78 is 14.7. The van der Waals surface area contributed by atoms with Crippen LogP contribution in [0.5, 0.6) is 5.75 Å². The van der Waals surface area contributed by atoms with Gasteiger partial charge < -0.3 is 24.5 Å². The SMILES string of the molecule is C#CCOc1ccc2[nH]cc(C[C@@H](NC(=O)OC)C(=O)OC)c2c1. The molecule has 0 spiro atoms. The number of terminal acetylenes is 1. The van der Waals surface area contributed by atoms with E-state index in [4.69, 9.17) is 15.9 Å². The molecule has 0 radical (unpaired) electrons. The van der Waals surface area contributed by atoms with Crippen molar-refractivity contribution in [2.45, 2.75) is 12.5 Å². The number of methoxy groups -OCH3 is 2. The molecule has 1 aromatic heterocycles. The number of benzene rings is 1. The van der Waals surface area contributed by atoms with Crippen molar-refractivity contribution in [3.05, 3.63) is 30.0 Å². The molecule has 0 bridgehead atoms. The van der Waals surface area contributed by atoms with Gasteiger partial charge in [-0.15, -0.1) is 6.42 Å². The van der Waals surface area contributed by atoms with Crippen LogP contribution in [-0.4, -0.2) is 43.9 Å². The summed E-state index contributed by atoms with van der Waals surface area (Å²) in [5.74, 6) is 2.46. The molecule has 0 saturated heterocycles. The molecule has 2 N–H and O–H groups in total. The molecule has 0 aliphatic heterocycles. The fraction of sp³-hybridized carbons (Fsp3) is 0.294. The number of fused-ring (bicyclic) bond motifs is 1. The maximum absolute atomic E-state index is 11.9. The highest BCUT2D eigenvalue weighted by Gasteiger charge is 2.23. The molecule has 126 valence electrons. The largest absolute Gasteiger partial charge is 0.481 e. The summed E-state index contributed by atoms with van der Waals surface area (Å²) in [6.45, 7) is 0.167. The molecule has 0 aliphatic rings. The second-order valence-corrected chi connectivity index (χ2v) is 4.93. The number of ether oxygens (including phenoxy) is 3. The van der Waals surface area contributed by atoms with Crippen LogP contribution in [0.1, 0.15) is 5.56 Å². The van der Waals surface area contributed by atoms with Crippen molar-refractivity contribution in [2.24, 2.45) is 0 Å². The van der Waals surface area contributed by atoms with Crippen LogP contribution in [0.25, 0.3) is 10.9 Å². The van der Waals surface area contributed by atoms with E-state index >= 15 is 0 Å².